The molecule has 0 aliphatic carbocycles. The summed E-state index contributed by atoms with van der Waals surface area (Å²) in [6.07, 6.45) is 2.24. The number of aromatic nitrogens is 3. The average Bonchev–Trinajstić information content (AvgIpc) is 3.39. The Bertz CT molecular complexity index is 1920. The van der Waals surface area contributed by atoms with E-state index in [2.05, 4.69) is 15.6 Å². The van der Waals surface area contributed by atoms with Gasteiger partial charge in [-0.3, -0.25) is 4.79 Å². The molecule has 1 atom stereocenters. The molecule has 0 unspecified atom stereocenters. The number of benzene rings is 4. The number of rotatable bonds is 7. The number of aromatic carboxylic acids is 1. The number of carboxylic acid groups (broad SMARTS) is 1. The molecule has 0 aliphatic rings. The van der Waals surface area contributed by atoms with Gasteiger partial charge in [0.05, 0.1) is 22.9 Å². The summed E-state index contributed by atoms with van der Waals surface area (Å²) in [4.78, 5) is 25.0. The van der Waals surface area contributed by atoms with Crippen molar-refractivity contribution in [3.05, 3.63) is 137 Å². The highest BCUT2D eigenvalue weighted by atomic mass is 19.1. The van der Waals surface area contributed by atoms with Crippen molar-refractivity contribution in [1.29, 1.82) is 0 Å². The normalized spacial score (nSPS) is 12.0. The van der Waals surface area contributed by atoms with Crippen LogP contribution in [0.15, 0.2) is 103 Å². The number of nitrogens with zero attached hydrogens (tertiary/aromatic N) is 3. The largest absolute Gasteiger partial charge is 0.478 e. The minimum Gasteiger partial charge on any atom is -0.478 e. The molecule has 6 aromatic rings. The van der Waals surface area contributed by atoms with Crippen LogP contribution in [-0.4, -0.2) is 31.8 Å². The van der Waals surface area contributed by atoms with Gasteiger partial charge in [-0.15, -0.1) is 5.10 Å². The zero-order valence-corrected chi connectivity index (χ0v) is 22.1. The molecule has 8 heteroatoms. The first-order valence-corrected chi connectivity index (χ1v) is 13.1. The lowest BCUT2D eigenvalue weighted by Crippen LogP contribution is -2.27. The highest BCUT2D eigenvalue weighted by Crippen LogP contribution is 2.27. The van der Waals surface area contributed by atoms with Gasteiger partial charge in [0.15, 0.2) is 0 Å². The van der Waals surface area contributed by atoms with Crippen molar-refractivity contribution < 1.29 is 19.1 Å². The highest BCUT2D eigenvalue weighted by Gasteiger charge is 2.21. The molecule has 0 spiro atoms. The van der Waals surface area contributed by atoms with E-state index >= 15 is 0 Å². The summed E-state index contributed by atoms with van der Waals surface area (Å²) in [5, 5.41) is 22.4. The van der Waals surface area contributed by atoms with Crippen LogP contribution in [0.3, 0.4) is 0 Å². The number of halogens is 1. The van der Waals surface area contributed by atoms with Gasteiger partial charge >= 0.3 is 5.97 Å². The molecule has 6 rings (SSSR count). The lowest BCUT2D eigenvalue weighted by molar-refractivity contribution is 0.0696. The molecule has 0 fully saturated rings. The second kappa shape index (κ2) is 10.7. The van der Waals surface area contributed by atoms with Gasteiger partial charge in [0.25, 0.3) is 5.91 Å². The van der Waals surface area contributed by atoms with Crippen LogP contribution in [0.4, 0.5) is 4.39 Å². The molecule has 41 heavy (non-hydrogen) atoms. The average molecular weight is 545 g/mol. The predicted octanol–water partition coefficient (Wildman–Crippen LogP) is 6.47. The first-order valence-electron chi connectivity index (χ1n) is 13.1. The summed E-state index contributed by atoms with van der Waals surface area (Å²) in [5.41, 5.74) is 5.19. The SMILES string of the molecule is C[C@H](NC(=O)c1cc(-c2ccccc2)cn2nnc(Cc3ccc4c(F)cccc4c3)c12)c1ccc(C(=O)O)cc1. The smallest absolute Gasteiger partial charge is 0.335 e. The number of hydrogen-bond donors (Lipinski definition) is 2. The van der Waals surface area contributed by atoms with Gasteiger partial charge in [-0.05, 0) is 53.3 Å². The van der Waals surface area contributed by atoms with Crippen LogP contribution in [0, 0.1) is 5.82 Å². The van der Waals surface area contributed by atoms with E-state index in [-0.39, 0.29) is 23.3 Å². The Labute approximate surface area is 234 Å². The molecule has 0 saturated heterocycles. The van der Waals surface area contributed by atoms with Gasteiger partial charge in [-0.1, -0.05) is 78.0 Å². The van der Waals surface area contributed by atoms with E-state index in [0.29, 0.717) is 28.6 Å². The van der Waals surface area contributed by atoms with Crippen LogP contribution in [0.5, 0.6) is 0 Å². The Balaban J connectivity index is 1.39. The van der Waals surface area contributed by atoms with E-state index in [1.165, 1.54) is 18.2 Å². The first-order chi connectivity index (χ1) is 19.9. The van der Waals surface area contributed by atoms with Crippen molar-refractivity contribution in [1.82, 2.24) is 20.1 Å². The number of nitrogens with one attached hydrogen (secondary N) is 1. The van der Waals surface area contributed by atoms with E-state index in [0.717, 1.165) is 27.6 Å². The van der Waals surface area contributed by atoms with E-state index < -0.39 is 5.97 Å². The van der Waals surface area contributed by atoms with Gasteiger partial charge in [0, 0.05) is 23.6 Å². The van der Waals surface area contributed by atoms with Crippen molar-refractivity contribution in [2.75, 3.05) is 0 Å². The topological polar surface area (TPSA) is 96.6 Å². The van der Waals surface area contributed by atoms with Crippen LogP contribution in [0.2, 0.25) is 0 Å². The molecule has 0 bridgehead atoms. The number of pyridine rings is 1. The maximum Gasteiger partial charge on any atom is 0.335 e. The number of hydrogen-bond acceptors (Lipinski definition) is 4. The van der Waals surface area contributed by atoms with Crippen molar-refractivity contribution in [3.8, 4) is 11.1 Å². The van der Waals surface area contributed by atoms with E-state index in [4.69, 9.17) is 0 Å². The summed E-state index contributed by atoms with van der Waals surface area (Å²) >= 11 is 0. The number of fused-ring (bicyclic) bond motifs is 2. The standard InChI is InChI=1S/C33H25FN4O3/c1-20(22-11-13-24(14-12-22)33(40)41)35-32(39)28-18-26(23-6-3-2-4-7-23)19-38-31(28)30(36-37-38)17-21-10-15-27-25(16-21)8-5-9-29(27)34/h2-16,18-20H,17H2,1H3,(H,35,39)(H,40,41)/t20-/m0/s1. The summed E-state index contributed by atoms with van der Waals surface area (Å²) in [6, 6.07) is 28.1. The maximum absolute atomic E-state index is 14.2. The van der Waals surface area contributed by atoms with Gasteiger partial charge < -0.3 is 10.4 Å². The minimum atomic E-state index is -1.01. The molecule has 2 heterocycles. The van der Waals surface area contributed by atoms with Gasteiger partial charge in [-0.25, -0.2) is 13.7 Å². The van der Waals surface area contributed by atoms with E-state index in [1.807, 2.05) is 67.7 Å². The molecule has 4 aromatic carbocycles. The van der Waals surface area contributed by atoms with Crippen LogP contribution in [0.1, 0.15) is 50.5 Å². The molecule has 0 aliphatic heterocycles. The lowest BCUT2D eigenvalue weighted by atomic mass is 10.00. The summed E-state index contributed by atoms with van der Waals surface area (Å²) in [7, 11) is 0. The molecule has 1 amide bonds. The molecule has 202 valence electrons. The van der Waals surface area contributed by atoms with E-state index in [9.17, 15) is 19.1 Å². The zero-order valence-electron chi connectivity index (χ0n) is 22.1. The molecule has 2 N–H and O–H groups in total. The number of carbonyl (C=O) groups is 2. The van der Waals surface area contributed by atoms with Crippen molar-refractivity contribution >= 4 is 28.2 Å². The molecular weight excluding hydrogens is 519 g/mol. The molecule has 2 aromatic heterocycles. The fourth-order valence-electron chi connectivity index (χ4n) is 5.04. The second-order valence-electron chi connectivity index (χ2n) is 9.93. The summed E-state index contributed by atoms with van der Waals surface area (Å²) < 4.78 is 15.8. The second-order valence-corrected chi connectivity index (χ2v) is 9.93. The number of amides is 1. The first kappa shape index (κ1) is 25.9. The Morgan fingerprint density at radius 1 is 0.927 bits per heavy atom. The van der Waals surface area contributed by atoms with E-state index in [1.54, 1.807) is 28.8 Å². The van der Waals surface area contributed by atoms with Gasteiger partial charge in [0.2, 0.25) is 0 Å². The van der Waals surface area contributed by atoms with Crippen molar-refractivity contribution in [3.63, 3.8) is 0 Å². The van der Waals surface area contributed by atoms with Crippen LogP contribution < -0.4 is 5.32 Å². The molecular formula is C33H25FN4O3. The quantitative estimate of drug-likeness (QED) is 0.240. The minimum absolute atomic E-state index is 0.177. The predicted molar refractivity (Wildman–Crippen MR) is 154 cm³/mol. The zero-order chi connectivity index (χ0) is 28.5. The lowest BCUT2D eigenvalue weighted by Gasteiger charge is -2.16. The third-order valence-corrected chi connectivity index (χ3v) is 7.20. The van der Waals surface area contributed by atoms with Gasteiger partial charge in [0.1, 0.15) is 11.3 Å². The third-order valence-electron chi connectivity index (χ3n) is 7.20. The Hall–Kier alpha value is -5.37. The third kappa shape index (κ3) is 5.15. The number of carboxylic acids is 1. The van der Waals surface area contributed by atoms with Crippen LogP contribution >= 0.6 is 0 Å². The number of carbonyl (C=O) groups excluding carboxylic acids is 1. The Kier molecular flexibility index (Phi) is 6.73. The Morgan fingerprint density at radius 2 is 1.71 bits per heavy atom. The van der Waals surface area contributed by atoms with Crippen LogP contribution in [0.25, 0.3) is 27.4 Å². The molecule has 0 saturated carbocycles. The summed E-state index contributed by atoms with van der Waals surface area (Å²) in [6.45, 7) is 1.84. The van der Waals surface area contributed by atoms with Gasteiger partial charge in [-0.2, -0.15) is 0 Å². The fraction of sp³-hybridized carbons (Fsp3) is 0.0909. The summed E-state index contributed by atoms with van der Waals surface area (Å²) in [5.74, 6) is -1.60. The molecule has 0 radical (unpaired) electrons. The van der Waals surface area contributed by atoms with Crippen molar-refractivity contribution in [2.45, 2.75) is 19.4 Å². The van der Waals surface area contributed by atoms with Crippen LogP contribution in [-0.2, 0) is 6.42 Å². The Morgan fingerprint density at radius 3 is 2.46 bits per heavy atom. The fourth-order valence-corrected chi connectivity index (χ4v) is 5.04. The highest BCUT2D eigenvalue weighted by molar-refractivity contribution is 6.02. The van der Waals surface area contributed by atoms with Crippen molar-refractivity contribution in [2.24, 2.45) is 0 Å². The maximum atomic E-state index is 14.2. The monoisotopic (exact) mass is 544 g/mol. The molecule has 7 nitrogen and oxygen atoms in total.